The summed E-state index contributed by atoms with van der Waals surface area (Å²) < 4.78 is 34.1. The van der Waals surface area contributed by atoms with Crippen LogP contribution in [0, 0.1) is 6.92 Å². The predicted octanol–water partition coefficient (Wildman–Crippen LogP) is 3.61. The van der Waals surface area contributed by atoms with Crippen molar-refractivity contribution in [2.24, 2.45) is 0 Å². The molecular formula is C36H42N2O13S. The molecule has 3 aromatic rings. The van der Waals surface area contributed by atoms with Crippen molar-refractivity contribution < 1.29 is 62.4 Å². The number of rotatable bonds is 16. The number of carboxylic acids is 4. The van der Waals surface area contributed by atoms with Gasteiger partial charge in [-0.2, -0.15) is 8.42 Å². The second-order valence-electron chi connectivity index (χ2n) is 13.4. The Bertz CT molecular complexity index is 1990. The van der Waals surface area contributed by atoms with Crippen molar-refractivity contribution in [3.63, 3.8) is 0 Å². The van der Waals surface area contributed by atoms with Crippen LogP contribution in [0.3, 0.4) is 0 Å². The molecule has 0 spiro atoms. The third-order valence-corrected chi connectivity index (χ3v) is 10.4. The lowest BCUT2D eigenvalue weighted by Crippen LogP contribution is -2.37. The lowest BCUT2D eigenvalue weighted by molar-refractivity contribution is -0.144. The summed E-state index contributed by atoms with van der Waals surface area (Å²) in [5, 5.41) is 61.9. The fourth-order valence-corrected chi connectivity index (χ4v) is 8.17. The predicted molar refractivity (Wildman–Crippen MR) is 185 cm³/mol. The standard InChI is InChI=1S/C36H42N2O13S/c1-19(2)22-10-11-26(25(34(22)47)14-38(17-32(43)44)18-33(45)46)36(27-8-6-7-9-29(27)52(49,50)51-36)28-12-23(20(3)4)35(48)24(21(28)5)13-37(15-30(39)40)16-31(41)42/h6-12,19-20,47-48H,13-18H2,1-5H3,(H,39,40)(H,41,42)(H,43,44)(H,45,46)/t36-/m1/s1. The Hall–Kier alpha value is -5.03. The minimum atomic E-state index is -4.57. The molecule has 15 nitrogen and oxygen atoms in total. The highest BCUT2D eigenvalue weighted by atomic mass is 32.2. The molecule has 0 saturated heterocycles. The topological polar surface area (TPSA) is 240 Å². The molecule has 0 aliphatic carbocycles. The minimum absolute atomic E-state index is 0.0147. The number of fused-ring (bicyclic) bond motifs is 1. The zero-order valence-electron chi connectivity index (χ0n) is 29.3. The lowest BCUT2D eigenvalue weighted by Gasteiger charge is -2.36. The van der Waals surface area contributed by atoms with Crippen LogP contribution in [-0.2, 0) is 52.2 Å². The fraction of sp³-hybridized carbons (Fsp3) is 0.389. The summed E-state index contributed by atoms with van der Waals surface area (Å²) in [6, 6.07) is 10.5. The van der Waals surface area contributed by atoms with Crippen LogP contribution in [0.2, 0.25) is 0 Å². The van der Waals surface area contributed by atoms with E-state index >= 15 is 0 Å². The van der Waals surface area contributed by atoms with E-state index in [1.54, 1.807) is 45.9 Å². The first-order valence-electron chi connectivity index (χ1n) is 16.3. The van der Waals surface area contributed by atoms with Crippen LogP contribution in [0.1, 0.15) is 84.0 Å². The maximum atomic E-state index is 14.0. The molecule has 1 heterocycles. The van der Waals surface area contributed by atoms with Crippen molar-refractivity contribution in [1.29, 1.82) is 0 Å². The van der Waals surface area contributed by atoms with Gasteiger partial charge >= 0.3 is 23.9 Å². The monoisotopic (exact) mass is 742 g/mol. The van der Waals surface area contributed by atoms with Gasteiger partial charge in [-0.1, -0.05) is 58.0 Å². The number of aliphatic carboxylic acids is 4. The Kier molecular flexibility index (Phi) is 11.7. The average molecular weight is 743 g/mol. The molecular weight excluding hydrogens is 700 g/mol. The van der Waals surface area contributed by atoms with E-state index in [9.17, 15) is 58.2 Å². The molecule has 6 N–H and O–H groups in total. The molecule has 1 aliphatic heterocycles. The van der Waals surface area contributed by atoms with Gasteiger partial charge < -0.3 is 30.6 Å². The van der Waals surface area contributed by atoms with Gasteiger partial charge in [-0.15, -0.1) is 0 Å². The molecule has 0 amide bonds. The quantitative estimate of drug-likeness (QED) is 0.115. The van der Waals surface area contributed by atoms with Crippen LogP contribution in [0.25, 0.3) is 0 Å². The third-order valence-electron chi connectivity index (χ3n) is 9.00. The summed E-state index contributed by atoms with van der Waals surface area (Å²) in [4.78, 5) is 49.1. The Morgan fingerprint density at radius 1 is 0.673 bits per heavy atom. The number of benzene rings is 3. The molecule has 0 radical (unpaired) electrons. The van der Waals surface area contributed by atoms with Crippen molar-refractivity contribution in [2.75, 3.05) is 26.2 Å². The molecule has 1 aliphatic rings. The molecule has 0 aromatic heterocycles. The van der Waals surface area contributed by atoms with E-state index in [0.717, 1.165) is 9.80 Å². The van der Waals surface area contributed by atoms with E-state index in [4.69, 9.17) is 4.18 Å². The van der Waals surface area contributed by atoms with Crippen molar-refractivity contribution in [1.82, 2.24) is 9.80 Å². The summed E-state index contributed by atoms with van der Waals surface area (Å²) in [5.41, 5.74) is -0.896. The summed E-state index contributed by atoms with van der Waals surface area (Å²) in [6.45, 7) is 4.86. The summed E-state index contributed by atoms with van der Waals surface area (Å²) >= 11 is 0. The zero-order chi connectivity index (χ0) is 38.9. The van der Waals surface area contributed by atoms with E-state index in [-0.39, 0.29) is 67.8 Å². The van der Waals surface area contributed by atoms with Crippen molar-refractivity contribution >= 4 is 34.0 Å². The number of nitrogens with zero attached hydrogens (tertiary/aromatic N) is 2. The van der Waals surface area contributed by atoms with Gasteiger partial charge in [0, 0.05) is 35.3 Å². The van der Waals surface area contributed by atoms with Gasteiger partial charge in [-0.05, 0) is 53.1 Å². The zero-order valence-corrected chi connectivity index (χ0v) is 30.1. The number of aromatic hydroxyl groups is 2. The van der Waals surface area contributed by atoms with E-state index in [0.29, 0.717) is 5.56 Å². The number of carboxylic acid groups (broad SMARTS) is 4. The van der Waals surface area contributed by atoms with Crippen LogP contribution in [0.4, 0.5) is 0 Å². The third kappa shape index (κ3) is 7.89. The van der Waals surface area contributed by atoms with Gasteiger partial charge in [0.2, 0.25) is 0 Å². The van der Waals surface area contributed by atoms with Gasteiger partial charge in [0.1, 0.15) is 16.4 Å². The molecule has 0 fully saturated rings. The SMILES string of the molecule is Cc1c([C@]2(c3ccc(C(C)C)c(O)c3CN(CC(=O)O)CC(=O)O)OS(=O)(=O)c3ccccc32)cc(C(C)C)c(O)c1CN(CC(=O)O)CC(=O)O. The van der Waals surface area contributed by atoms with Crippen LogP contribution >= 0.6 is 0 Å². The molecule has 4 rings (SSSR count). The lowest BCUT2D eigenvalue weighted by atomic mass is 9.73. The average Bonchev–Trinajstić information content (AvgIpc) is 3.25. The van der Waals surface area contributed by atoms with Gasteiger partial charge in [0.25, 0.3) is 10.1 Å². The Morgan fingerprint density at radius 2 is 1.13 bits per heavy atom. The second-order valence-corrected chi connectivity index (χ2v) is 14.9. The number of hydrogen-bond acceptors (Lipinski definition) is 11. The van der Waals surface area contributed by atoms with Crippen LogP contribution in [-0.4, -0.2) is 98.9 Å². The van der Waals surface area contributed by atoms with Gasteiger partial charge in [0.15, 0.2) is 5.60 Å². The molecule has 52 heavy (non-hydrogen) atoms. The van der Waals surface area contributed by atoms with Gasteiger partial charge in [-0.25, -0.2) is 4.18 Å². The normalized spacial score (nSPS) is 16.5. The summed E-state index contributed by atoms with van der Waals surface area (Å²) in [5.74, 6) is -6.68. The smallest absolute Gasteiger partial charge is 0.317 e. The Balaban J connectivity index is 2.20. The number of phenolic OH excluding ortho intramolecular Hbond substituents is 2. The highest BCUT2D eigenvalue weighted by Crippen LogP contribution is 2.55. The molecule has 0 bridgehead atoms. The van der Waals surface area contributed by atoms with Gasteiger partial charge in [-0.3, -0.25) is 29.0 Å². The fourth-order valence-electron chi connectivity index (χ4n) is 6.76. The molecule has 0 unspecified atom stereocenters. The minimum Gasteiger partial charge on any atom is -0.507 e. The number of phenols is 2. The van der Waals surface area contributed by atoms with E-state index in [2.05, 4.69) is 0 Å². The number of carbonyl (C=O) groups is 4. The van der Waals surface area contributed by atoms with Crippen molar-refractivity contribution in [2.45, 2.75) is 70.0 Å². The van der Waals surface area contributed by atoms with Crippen LogP contribution < -0.4 is 0 Å². The Labute approximate surface area is 300 Å². The van der Waals surface area contributed by atoms with E-state index in [1.165, 1.54) is 31.2 Å². The molecule has 1 atom stereocenters. The van der Waals surface area contributed by atoms with Crippen molar-refractivity contribution in [3.05, 3.63) is 87.0 Å². The first-order valence-corrected chi connectivity index (χ1v) is 17.7. The molecule has 3 aromatic carbocycles. The summed E-state index contributed by atoms with van der Waals surface area (Å²) in [7, 11) is -4.57. The van der Waals surface area contributed by atoms with Crippen LogP contribution in [0.5, 0.6) is 11.5 Å². The van der Waals surface area contributed by atoms with E-state index < -0.39 is 78.2 Å². The first kappa shape index (κ1) is 39.8. The number of hydrogen-bond donors (Lipinski definition) is 6. The molecule has 0 saturated carbocycles. The molecule has 16 heteroatoms. The highest BCUT2D eigenvalue weighted by Gasteiger charge is 2.54. The van der Waals surface area contributed by atoms with E-state index in [1.807, 2.05) is 0 Å². The van der Waals surface area contributed by atoms with Gasteiger partial charge in [0.05, 0.1) is 26.2 Å². The Morgan fingerprint density at radius 3 is 1.62 bits per heavy atom. The van der Waals surface area contributed by atoms with Crippen molar-refractivity contribution in [3.8, 4) is 11.5 Å². The second kappa shape index (κ2) is 15.3. The highest BCUT2D eigenvalue weighted by molar-refractivity contribution is 7.87. The maximum absolute atomic E-state index is 14.0. The summed E-state index contributed by atoms with van der Waals surface area (Å²) in [6.07, 6.45) is 0. The first-order chi connectivity index (χ1) is 24.2. The molecule has 280 valence electrons. The largest absolute Gasteiger partial charge is 0.507 e. The van der Waals surface area contributed by atoms with Crippen LogP contribution in [0.15, 0.2) is 47.4 Å². The maximum Gasteiger partial charge on any atom is 0.317 e.